The van der Waals surface area contributed by atoms with Crippen LogP contribution in [0.15, 0.2) is 99.3 Å². The van der Waals surface area contributed by atoms with Gasteiger partial charge in [-0.15, -0.1) is 0 Å². The molecule has 1 saturated heterocycles. The number of nitrogens with zero attached hydrogens (tertiary/aromatic N) is 2. The molecule has 1 amide bonds. The van der Waals surface area contributed by atoms with Crippen molar-refractivity contribution in [1.82, 2.24) is 4.90 Å². The van der Waals surface area contributed by atoms with E-state index in [4.69, 9.17) is 9.73 Å². The molecule has 1 aliphatic heterocycles. The maximum atomic E-state index is 13.4. The lowest BCUT2D eigenvalue weighted by Crippen LogP contribution is -2.28. The van der Waals surface area contributed by atoms with Crippen molar-refractivity contribution < 1.29 is 9.53 Å². The molecule has 0 radical (unpaired) electrons. The van der Waals surface area contributed by atoms with Crippen molar-refractivity contribution in [2.24, 2.45) is 4.99 Å². The SMILES string of the molecule is CCN1C(=O)/C(=C\c2c(OCc3ccc(Br)cc3)ccc3ccccc23)SC1=Nc1ccc(C)cc1. The van der Waals surface area contributed by atoms with Gasteiger partial charge < -0.3 is 4.74 Å². The van der Waals surface area contributed by atoms with Gasteiger partial charge in [0.1, 0.15) is 12.4 Å². The lowest BCUT2D eigenvalue weighted by Gasteiger charge is -2.13. The topological polar surface area (TPSA) is 41.9 Å². The number of halogens is 1. The normalized spacial score (nSPS) is 15.9. The number of rotatable bonds is 6. The summed E-state index contributed by atoms with van der Waals surface area (Å²) < 4.78 is 7.31. The monoisotopic (exact) mass is 556 g/mol. The van der Waals surface area contributed by atoms with E-state index in [9.17, 15) is 4.79 Å². The van der Waals surface area contributed by atoms with Gasteiger partial charge in [0.05, 0.1) is 10.6 Å². The molecule has 4 nitrogen and oxygen atoms in total. The molecule has 1 aliphatic rings. The molecule has 36 heavy (non-hydrogen) atoms. The summed E-state index contributed by atoms with van der Waals surface area (Å²) in [7, 11) is 0. The highest BCUT2D eigenvalue weighted by molar-refractivity contribution is 9.10. The van der Waals surface area contributed by atoms with Gasteiger partial charge in [-0.1, -0.05) is 76.1 Å². The Hall–Kier alpha value is -3.35. The third-order valence-corrected chi connectivity index (χ3v) is 7.51. The Morgan fingerprint density at radius 3 is 2.47 bits per heavy atom. The molecule has 0 atom stereocenters. The number of aliphatic imine (C=N–C) groups is 1. The maximum absolute atomic E-state index is 13.4. The first-order valence-corrected chi connectivity index (χ1v) is 13.4. The van der Waals surface area contributed by atoms with Crippen molar-refractivity contribution in [2.75, 3.05) is 6.54 Å². The van der Waals surface area contributed by atoms with Gasteiger partial charge in [-0.2, -0.15) is 0 Å². The molecule has 5 rings (SSSR count). The molecule has 1 heterocycles. The highest BCUT2D eigenvalue weighted by Gasteiger charge is 2.32. The molecule has 0 N–H and O–H groups in total. The Bertz CT molecular complexity index is 1480. The van der Waals surface area contributed by atoms with Crippen LogP contribution in [0, 0.1) is 6.92 Å². The number of hydrogen-bond acceptors (Lipinski definition) is 4. The fourth-order valence-corrected chi connectivity index (χ4v) is 5.33. The van der Waals surface area contributed by atoms with E-state index >= 15 is 0 Å². The second-order valence-corrected chi connectivity index (χ2v) is 10.4. The van der Waals surface area contributed by atoms with E-state index in [2.05, 4.69) is 34.1 Å². The number of carbonyl (C=O) groups is 1. The molecule has 0 spiro atoms. The second kappa shape index (κ2) is 10.7. The molecule has 0 unspecified atom stereocenters. The molecule has 1 fully saturated rings. The minimum absolute atomic E-state index is 0.0415. The molecule has 0 aliphatic carbocycles. The Labute approximate surface area is 223 Å². The number of fused-ring (bicyclic) bond motifs is 1. The summed E-state index contributed by atoms with van der Waals surface area (Å²) in [5, 5.41) is 2.82. The summed E-state index contributed by atoms with van der Waals surface area (Å²) in [6.07, 6.45) is 1.95. The van der Waals surface area contributed by atoms with Gasteiger partial charge in [0, 0.05) is 16.6 Å². The molecule has 0 saturated carbocycles. The van der Waals surface area contributed by atoms with Crippen LogP contribution in [0.2, 0.25) is 0 Å². The summed E-state index contributed by atoms with van der Waals surface area (Å²) in [6, 6.07) is 28.3. The Morgan fingerprint density at radius 2 is 1.72 bits per heavy atom. The fourth-order valence-electron chi connectivity index (χ4n) is 4.02. The highest BCUT2D eigenvalue weighted by atomic mass is 79.9. The first-order chi connectivity index (χ1) is 17.5. The van der Waals surface area contributed by atoms with Crippen LogP contribution in [0.5, 0.6) is 5.75 Å². The van der Waals surface area contributed by atoms with Gasteiger partial charge in [0.25, 0.3) is 5.91 Å². The minimum Gasteiger partial charge on any atom is -0.488 e. The smallest absolute Gasteiger partial charge is 0.266 e. The van der Waals surface area contributed by atoms with E-state index in [-0.39, 0.29) is 5.91 Å². The van der Waals surface area contributed by atoms with Crippen LogP contribution in [0.1, 0.15) is 23.6 Å². The summed E-state index contributed by atoms with van der Waals surface area (Å²) >= 11 is 4.88. The summed E-state index contributed by atoms with van der Waals surface area (Å²) in [5.74, 6) is 0.699. The molecule has 0 aromatic heterocycles. The van der Waals surface area contributed by atoms with Crippen molar-refractivity contribution in [2.45, 2.75) is 20.5 Å². The lowest BCUT2D eigenvalue weighted by atomic mass is 10.0. The number of thioether (sulfide) groups is 1. The van der Waals surface area contributed by atoms with Crippen molar-refractivity contribution in [3.05, 3.63) is 111 Å². The van der Waals surface area contributed by atoms with Gasteiger partial charge in [0.2, 0.25) is 0 Å². The van der Waals surface area contributed by atoms with E-state index < -0.39 is 0 Å². The number of ether oxygens (including phenoxy) is 1. The van der Waals surface area contributed by atoms with Crippen molar-refractivity contribution in [3.63, 3.8) is 0 Å². The van der Waals surface area contributed by atoms with Gasteiger partial charge in [-0.3, -0.25) is 9.69 Å². The number of amides is 1. The van der Waals surface area contributed by atoms with E-state index in [1.807, 2.05) is 86.7 Å². The van der Waals surface area contributed by atoms with Crippen LogP contribution >= 0.6 is 27.7 Å². The Morgan fingerprint density at radius 1 is 0.972 bits per heavy atom. The van der Waals surface area contributed by atoms with Crippen molar-refractivity contribution in [1.29, 1.82) is 0 Å². The number of hydrogen-bond donors (Lipinski definition) is 0. The fraction of sp³-hybridized carbons (Fsp3) is 0.133. The minimum atomic E-state index is -0.0415. The first kappa shape index (κ1) is 24.3. The molecule has 0 bridgehead atoms. The standard InChI is InChI=1S/C30H25BrN2O2S/c1-3-33-29(34)28(36-30(33)32-24-15-8-20(2)9-16-24)18-26-25-7-5-4-6-22(25)12-17-27(26)35-19-21-10-13-23(31)14-11-21/h4-18H,3,19H2,1-2H3/b28-18+,32-30?. The number of carbonyl (C=O) groups excluding carboxylic acids is 1. The zero-order valence-corrected chi connectivity index (χ0v) is 22.5. The zero-order chi connectivity index (χ0) is 25.1. The third kappa shape index (κ3) is 5.25. The number of likely N-dealkylation sites (N-methyl/N-ethyl adjacent to an activating group) is 1. The van der Waals surface area contributed by atoms with E-state index in [0.717, 1.165) is 37.8 Å². The quantitative estimate of drug-likeness (QED) is 0.225. The highest BCUT2D eigenvalue weighted by Crippen LogP contribution is 2.38. The zero-order valence-electron chi connectivity index (χ0n) is 20.1. The summed E-state index contributed by atoms with van der Waals surface area (Å²) in [4.78, 5) is 20.5. The largest absolute Gasteiger partial charge is 0.488 e. The number of benzene rings is 4. The molecule has 180 valence electrons. The van der Waals surface area contributed by atoms with E-state index in [1.165, 1.54) is 17.3 Å². The van der Waals surface area contributed by atoms with Crippen LogP contribution in [-0.2, 0) is 11.4 Å². The number of amidine groups is 1. The molecular weight excluding hydrogens is 532 g/mol. The van der Waals surface area contributed by atoms with Gasteiger partial charge in [-0.05, 0) is 78.4 Å². The second-order valence-electron chi connectivity index (χ2n) is 8.50. The average molecular weight is 558 g/mol. The predicted molar refractivity (Wildman–Crippen MR) is 154 cm³/mol. The predicted octanol–water partition coefficient (Wildman–Crippen LogP) is 8.11. The van der Waals surface area contributed by atoms with Gasteiger partial charge in [0.15, 0.2) is 5.17 Å². The summed E-state index contributed by atoms with van der Waals surface area (Å²) in [6.45, 7) is 5.00. The van der Waals surface area contributed by atoms with E-state index in [0.29, 0.717) is 23.2 Å². The van der Waals surface area contributed by atoms with Crippen LogP contribution in [0.4, 0.5) is 5.69 Å². The molecule has 4 aromatic carbocycles. The third-order valence-electron chi connectivity index (χ3n) is 5.98. The Balaban J connectivity index is 1.52. The first-order valence-electron chi connectivity index (χ1n) is 11.8. The molecule has 4 aromatic rings. The average Bonchev–Trinajstić information content (AvgIpc) is 3.19. The van der Waals surface area contributed by atoms with Gasteiger partial charge >= 0.3 is 0 Å². The van der Waals surface area contributed by atoms with Crippen LogP contribution < -0.4 is 4.74 Å². The maximum Gasteiger partial charge on any atom is 0.266 e. The molecular formula is C30H25BrN2O2S. The van der Waals surface area contributed by atoms with Gasteiger partial charge in [-0.25, -0.2) is 4.99 Å². The lowest BCUT2D eigenvalue weighted by molar-refractivity contribution is -0.122. The van der Waals surface area contributed by atoms with Crippen molar-refractivity contribution >= 4 is 61.3 Å². The van der Waals surface area contributed by atoms with Crippen LogP contribution in [0.25, 0.3) is 16.8 Å². The van der Waals surface area contributed by atoms with Crippen molar-refractivity contribution in [3.8, 4) is 5.75 Å². The van der Waals surface area contributed by atoms with Crippen LogP contribution in [-0.4, -0.2) is 22.5 Å². The van der Waals surface area contributed by atoms with Crippen LogP contribution in [0.3, 0.4) is 0 Å². The molecule has 6 heteroatoms. The number of aryl methyl sites for hydroxylation is 1. The van der Waals surface area contributed by atoms with E-state index in [1.54, 1.807) is 4.90 Å². The Kier molecular flexibility index (Phi) is 7.25. The summed E-state index contributed by atoms with van der Waals surface area (Å²) in [5.41, 5.74) is 3.97.